The molecule has 1 heterocycles. The van der Waals surface area contributed by atoms with Gasteiger partial charge >= 0.3 is 6.18 Å². The van der Waals surface area contributed by atoms with Crippen LogP contribution in [0.25, 0.3) is 0 Å². The van der Waals surface area contributed by atoms with Crippen LogP contribution in [0.1, 0.15) is 32.0 Å². The Hall–Kier alpha value is -3.88. The van der Waals surface area contributed by atoms with Gasteiger partial charge in [-0.3, -0.25) is 9.59 Å². The topological polar surface area (TPSA) is 91.3 Å². The summed E-state index contributed by atoms with van der Waals surface area (Å²) in [5.74, 6) is -1.47. The molecule has 0 aliphatic rings. The first-order valence-electron chi connectivity index (χ1n) is 8.70. The van der Waals surface area contributed by atoms with E-state index in [1.807, 2.05) is 0 Å². The molecule has 0 atom stereocenters. The van der Waals surface area contributed by atoms with E-state index in [0.717, 1.165) is 24.3 Å². The molecule has 30 heavy (non-hydrogen) atoms. The van der Waals surface area contributed by atoms with Gasteiger partial charge in [-0.1, -0.05) is 6.07 Å². The number of alkyl halides is 3. The number of rotatable bonds is 4. The highest BCUT2D eigenvalue weighted by Crippen LogP contribution is 2.30. The van der Waals surface area contributed by atoms with Gasteiger partial charge < -0.3 is 15.7 Å². The Labute approximate surface area is 169 Å². The lowest BCUT2D eigenvalue weighted by atomic mass is 10.1. The molecule has 2 aromatic carbocycles. The number of carbonyl (C=O) groups excluding carboxylic acids is 2. The molecule has 9 heteroatoms. The van der Waals surface area contributed by atoms with Crippen LogP contribution in [-0.4, -0.2) is 21.9 Å². The molecule has 1 aromatic heterocycles. The SMILES string of the molecule is Cc1ccnc(C(=O)Nc2cccc(C(=O)Nc3ccc(C(F)(F)F)cc3)c2)c1O. The first-order chi connectivity index (χ1) is 14.1. The van der Waals surface area contributed by atoms with E-state index in [2.05, 4.69) is 15.6 Å². The number of carbonyl (C=O) groups is 2. The van der Waals surface area contributed by atoms with Crippen LogP contribution in [0, 0.1) is 6.92 Å². The van der Waals surface area contributed by atoms with Crippen molar-refractivity contribution in [1.29, 1.82) is 0 Å². The van der Waals surface area contributed by atoms with Crippen molar-refractivity contribution < 1.29 is 27.9 Å². The van der Waals surface area contributed by atoms with Crippen molar-refractivity contribution in [2.24, 2.45) is 0 Å². The van der Waals surface area contributed by atoms with Crippen molar-refractivity contribution in [2.45, 2.75) is 13.1 Å². The maximum absolute atomic E-state index is 12.6. The van der Waals surface area contributed by atoms with Gasteiger partial charge in [0.2, 0.25) is 0 Å². The fourth-order valence-electron chi connectivity index (χ4n) is 2.59. The molecule has 3 rings (SSSR count). The quantitative estimate of drug-likeness (QED) is 0.580. The predicted molar refractivity (Wildman–Crippen MR) is 104 cm³/mol. The molecule has 0 bridgehead atoms. The number of aryl methyl sites for hydroxylation is 1. The van der Waals surface area contributed by atoms with Crippen molar-refractivity contribution in [1.82, 2.24) is 4.98 Å². The van der Waals surface area contributed by atoms with Crippen LogP contribution in [-0.2, 0) is 6.18 Å². The lowest BCUT2D eigenvalue weighted by Crippen LogP contribution is -2.16. The third-order valence-corrected chi connectivity index (χ3v) is 4.19. The number of aromatic hydroxyl groups is 1. The van der Waals surface area contributed by atoms with E-state index in [9.17, 15) is 27.9 Å². The van der Waals surface area contributed by atoms with Crippen molar-refractivity contribution in [3.8, 4) is 5.75 Å². The summed E-state index contributed by atoms with van der Waals surface area (Å²) in [5.41, 5.74) is 0.154. The summed E-state index contributed by atoms with van der Waals surface area (Å²) in [6.45, 7) is 1.62. The van der Waals surface area contributed by atoms with Gasteiger partial charge in [0.25, 0.3) is 11.8 Å². The molecule has 2 amide bonds. The lowest BCUT2D eigenvalue weighted by molar-refractivity contribution is -0.137. The Bertz CT molecular complexity index is 1100. The number of hydrogen-bond donors (Lipinski definition) is 3. The number of pyridine rings is 1. The standard InChI is InChI=1S/C21H16F3N3O3/c1-12-9-10-25-17(18(12)28)20(30)27-16-4-2-3-13(11-16)19(29)26-15-7-5-14(6-8-15)21(22,23)24/h2-11,28H,1H3,(H,26,29)(H,27,30). The number of amides is 2. The summed E-state index contributed by atoms with van der Waals surface area (Å²) in [6.07, 6.45) is -3.08. The Morgan fingerprint density at radius 2 is 1.60 bits per heavy atom. The summed E-state index contributed by atoms with van der Waals surface area (Å²) in [7, 11) is 0. The number of hydrogen-bond acceptors (Lipinski definition) is 4. The van der Waals surface area contributed by atoms with Gasteiger partial charge in [-0.05, 0) is 61.0 Å². The summed E-state index contributed by atoms with van der Waals surface area (Å²) in [5, 5.41) is 15.0. The number of halogens is 3. The summed E-state index contributed by atoms with van der Waals surface area (Å²) in [4.78, 5) is 28.6. The zero-order valence-electron chi connectivity index (χ0n) is 15.6. The monoisotopic (exact) mass is 415 g/mol. The van der Waals surface area contributed by atoms with Gasteiger partial charge in [0.05, 0.1) is 5.56 Å². The first kappa shape index (κ1) is 20.8. The third kappa shape index (κ3) is 4.75. The summed E-state index contributed by atoms with van der Waals surface area (Å²) in [6, 6.07) is 11.5. The Balaban J connectivity index is 1.72. The molecule has 3 aromatic rings. The van der Waals surface area contributed by atoms with Crippen molar-refractivity contribution in [2.75, 3.05) is 10.6 Å². The molecule has 0 aliphatic carbocycles. The average molecular weight is 415 g/mol. The van der Waals surface area contributed by atoms with Crippen LogP contribution >= 0.6 is 0 Å². The average Bonchev–Trinajstić information content (AvgIpc) is 2.70. The molecule has 0 radical (unpaired) electrons. The van der Waals surface area contributed by atoms with Gasteiger partial charge in [0.15, 0.2) is 5.69 Å². The van der Waals surface area contributed by atoms with Gasteiger partial charge in [-0.15, -0.1) is 0 Å². The fourth-order valence-corrected chi connectivity index (χ4v) is 2.59. The first-order valence-corrected chi connectivity index (χ1v) is 8.70. The molecule has 154 valence electrons. The largest absolute Gasteiger partial charge is 0.505 e. The number of benzene rings is 2. The Morgan fingerprint density at radius 3 is 2.27 bits per heavy atom. The van der Waals surface area contributed by atoms with E-state index in [4.69, 9.17) is 0 Å². The smallest absolute Gasteiger partial charge is 0.416 e. The van der Waals surface area contributed by atoms with Gasteiger partial charge in [-0.25, -0.2) is 4.98 Å². The van der Waals surface area contributed by atoms with Crippen LogP contribution in [0.3, 0.4) is 0 Å². The maximum atomic E-state index is 12.6. The van der Waals surface area contributed by atoms with Crippen LogP contribution in [0.4, 0.5) is 24.5 Å². The molecule has 6 nitrogen and oxygen atoms in total. The maximum Gasteiger partial charge on any atom is 0.416 e. The molecule has 0 aliphatic heterocycles. The lowest BCUT2D eigenvalue weighted by Gasteiger charge is -2.10. The minimum atomic E-state index is -4.46. The summed E-state index contributed by atoms with van der Waals surface area (Å²) < 4.78 is 37.9. The van der Waals surface area contributed by atoms with Gasteiger partial charge in [0, 0.05) is 23.1 Å². The molecule has 0 saturated heterocycles. The third-order valence-electron chi connectivity index (χ3n) is 4.19. The number of nitrogens with zero attached hydrogens (tertiary/aromatic N) is 1. The van der Waals surface area contributed by atoms with E-state index in [1.54, 1.807) is 19.1 Å². The highest BCUT2D eigenvalue weighted by Gasteiger charge is 2.30. The van der Waals surface area contributed by atoms with Crippen LogP contribution < -0.4 is 10.6 Å². The highest BCUT2D eigenvalue weighted by molar-refractivity contribution is 6.07. The number of anilines is 2. The van der Waals surface area contributed by atoms with Crippen LogP contribution in [0.5, 0.6) is 5.75 Å². The Morgan fingerprint density at radius 1 is 0.933 bits per heavy atom. The highest BCUT2D eigenvalue weighted by atomic mass is 19.4. The fraction of sp³-hybridized carbons (Fsp3) is 0.0952. The van der Waals surface area contributed by atoms with E-state index >= 15 is 0 Å². The summed E-state index contributed by atoms with van der Waals surface area (Å²) >= 11 is 0. The Kier molecular flexibility index (Phi) is 5.72. The van der Waals surface area contributed by atoms with E-state index in [0.29, 0.717) is 5.56 Å². The van der Waals surface area contributed by atoms with Gasteiger partial charge in [0.1, 0.15) is 5.75 Å². The van der Waals surface area contributed by atoms with Crippen molar-refractivity contribution >= 4 is 23.2 Å². The minimum Gasteiger partial charge on any atom is -0.505 e. The predicted octanol–water partition coefficient (Wildman–Crippen LogP) is 4.62. The van der Waals surface area contributed by atoms with E-state index in [1.165, 1.54) is 24.4 Å². The second-order valence-corrected chi connectivity index (χ2v) is 6.39. The number of aromatic nitrogens is 1. The molecule has 0 fully saturated rings. The second-order valence-electron chi connectivity index (χ2n) is 6.39. The zero-order chi connectivity index (χ0) is 21.9. The molecular formula is C21H16F3N3O3. The molecule has 0 saturated carbocycles. The van der Waals surface area contributed by atoms with Crippen molar-refractivity contribution in [3.05, 3.63) is 83.2 Å². The molecular weight excluding hydrogens is 399 g/mol. The zero-order valence-corrected chi connectivity index (χ0v) is 15.6. The van der Waals surface area contributed by atoms with Crippen molar-refractivity contribution in [3.63, 3.8) is 0 Å². The van der Waals surface area contributed by atoms with Crippen LogP contribution in [0.2, 0.25) is 0 Å². The molecule has 3 N–H and O–H groups in total. The molecule has 0 unspecified atom stereocenters. The minimum absolute atomic E-state index is 0.158. The molecule has 0 spiro atoms. The number of nitrogens with one attached hydrogen (secondary N) is 2. The normalized spacial score (nSPS) is 11.1. The van der Waals surface area contributed by atoms with Gasteiger partial charge in [-0.2, -0.15) is 13.2 Å². The second kappa shape index (κ2) is 8.24. The van der Waals surface area contributed by atoms with E-state index < -0.39 is 23.6 Å². The van der Waals surface area contributed by atoms with E-state index in [-0.39, 0.29) is 28.4 Å². The van der Waals surface area contributed by atoms with Crippen LogP contribution in [0.15, 0.2) is 60.8 Å².